The second-order valence-corrected chi connectivity index (χ2v) is 11.0. The number of aliphatic hydroxyl groups excluding tert-OH is 1. The van der Waals surface area contributed by atoms with Crippen LogP contribution in [0, 0.1) is 6.92 Å². The van der Waals surface area contributed by atoms with E-state index in [2.05, 4.69) is 0 Å². The van der Waals surface area contributed by atoms with Crippen LogP contribution < -0.4 is 23.8 Å². The van der Waals surface area contributed by atoms with Crippen LogP contribution in [-0.2, 0) is 9.59 Å². The Labute approximate surface area is 246 Å². The number of ketones is 1. The molecule has 0 unspecified atom stereocenters. The second-order valence-electron chi connectivity index (χ2n) is 9.98. The molecular weight excluding hydrogens is 556 g/mol. The van der Waals surface area contributed by atoms with Gasteiger partial charge in [-0.15, -0.1) is 0 Å². The van der Waals surface area contributed by atoms with E-state index in [-0.39, 0.29) is 11.3 Å². The summed E-state index contributed by atoms with van der Waals surface area (Å²) in [6, 6.07) is 15.1. The summed E-state index contributed by atoms with van der Waals surface area (Å²) in [4.78, 5) is 33.5. The first-order valence-corrected chi connectivity index (χ1v) is 14.7. The summed E-state index contributed by atoms with van der Waals surface area (Å²) in [7, 11) is 0. The fraction of sp³-hybridized carbons (Fsp3) is 0.281. The Morgan fingerprint density at radius 2 is 1.81 bits per heavy atom. The minimum Gasteiger partial charge on any atom is -0.507 e. The predicted molar refractivity (Wildman–Crippen MR) is 160 cm³/mol. The summed E-state index contributed by atoms with van der Waals surface area (Å²) >= 11 is 1.31. The Hall–Kier alpha value is -4.57. The molecule has 1 saturated heterocycles. The van der Waals surface area contributed by atoms with Crippen molar-refractivity contribution in [2.75, 3.05) is 31.3 Å². The van der Waals surface area contributed by atoms with Crippen molar-refractivity contribution in [2.24, 2.45) is 0 Å². The van der Waals surface area contributed by atoms with Crippen LogP contribution in [0.25, 0.3) is 16.0 Å². The molecule has 0 radical (unpaired) electrons. The van der Waals surface area contributed by atoms with Gasteiger partial charge >= 0.3 is 5.91 Å². The molecule has 0 bridgehead atoms. The lowest BCUT2D eigenvalue weighted by Crippen LogP contribution is -2.29. The number of benzene rings is 3. The zero-order valence-corrected chi connectivity index (χ0v) is 24.3. The number of amides is 1. The molecule has 2 aliphatic heterocycles. The van der Waals surface area contributed by atoms with E-state index in [0.29, 0.717) is 71.2 Å². The minimum atomic E-state index is -0.973. The molecule has 0 spiro atoms. The van der Waals surface area contributed by atoms with Crippen LogP contribution >= 0.6 is 11.3 Å². The van der Waals surface area contributed by atoms with Crippen LogP contribution in [0.5, 0.6) is 23.0 Å². The van der Waals surface area contributed by atoms with Crippen molar-refractivity contribution in [3.8, 4) is 23.0 Å². The molecule has 1 aromatic heterocycles. The van der Waals surface area contributed by atoms with Gasteiger partial charge in [0.25, 0.3) is 5.78 Å². The molecule has 0 saturated carbocycles. The Morgan fingerprint density at radius 1 is 1.00 bits per heavy atom. The lowest BCUT2D eigenvalue weighted by Gasteiger charge is -2.24. The fourth-order valence-corrected chi connectivity index (χ4v) is 6.20. The molecule has 42 heavy (non-hydrogen) atoms. The molecule has 3 heterocycles. The van der Waals surface area contributed by atoms with E-state index in [1.807, 2.05) is 39.0 Å². The number of Topliss-reactive ketones (excluding diaryl/α,β-unsaturated/α-hetero) is 1. The molecule has 1 N–H and O–H groups in total. The summed E-state index contributed by atoms with van der Waals surface area (Å²) in [5.41, 5.74) is 2.60. The maximum Gasteiger partial charge on any atom is 0.301 e. The van der Waals surface area contributed by atoms with E-state index < -0.39 is 17.7 Å². The van der Waals surface area contributed by atoms with Gasteiger partial charge in [-0.25, -0.2) is 4.98 Å². The number of carbonyl (C=O) groups is 2. The van der Waals surface area contributed by atoms with Crippen LogP contribution in [0.4, 0.5) is 5.13 Å². The van der Waals surface area contributed by atoms with Gasteiger partial charge in [-0.1, -0.05) is 30.4 Å². The SMILES string of the molecule is CCCOc1ccc([C@@H]2C(=C(O)c3ccc4c(c3)OCCO4)C(=O)C(=O)N2c2nc3ccc(C)cc3s2)cc1OCC. The standard InChI is InChI=1S/C32H30N2O7S/c1-4-12-39-22-10-7-19(16-24(22)38-5-2)28-27(29(35)20-8-11-23-25(17-20)41-14-13-40-23)30(36)31(37)34(28)32-33-21-9-6-18(3)15-26(21)42-32/h6-11,15-17,28,35H,4-5,12-14H2,1-3H3/t28-/m1/s1. The summed E-state index contributed by atoms with van der Waals surface area (Å²) in [6.07, 6.45) is 0.820. The number of carbonyl (C=O) groups excluding carboxylic acids is 2. The van der Waals surface area contributed by atoms with Gasteiger partial charge in [0, 0.05) is 5.56 Å². The number of nitrogens with zero attached hydrogens (tertiary/aromatic N) is 2. The minimum absolute atomic E-state index is 0.0585. The Bertz CT molecular complexity index is 1730. The van der Waals surface area contributed by atoms with Crippen LogP contribution in [0.15, 0.2) is 60.2 Å². The molecule has 2 aliphatic rings. The number of anilines is 1. The first-order chi connectivity index (χ1) is 20.4. The summed E-state index contributed by atoms with van der Waals surface area (Å²) in [5.74, 6) is 0.123. The normalized spacial score (nSPS) is 17.6. The average Bonchev–Trinajstić information content (AvgIpc) is 3.53. The van der Waals surface area contributed by atoms with E-state index in [1.54, 1.807) is 36.4 Å². The van der Waals surface area contributed by atoms with Gasteiger partial charge in [0.05, 0.1) is 35.0 Å². The number of rotatable bonds is 8. The topological polar surface area (TPSA) is 107 Å². The lowest BCUT2D eigenvalue weighted by molar-refractivity contribution is -0.132. The highest BCUT2D eigenvalue weighted by Gasteiger charge is 2.48. The molecule has 9 nitrogen and oxygen atoms in total. The number of aliphatic hydroxyl groups is 1. The van der Waals surface area contributed by atoms with E-state index in [4.69, 9.17) is 23.9 Å². The summed E-state index contributed by atoms with van der Waals surface area (Å²) in [5, 5.41) is 12.0. The largest absolute Gasteiger partial charge is 0.507 e. The van der Waals surface area contributed by atoms with Gasteiger partial charge in [0.2, 0.25) is 0 Å². The van der Waals surface area contributed by atoms with E-state index in [1.165, 1.54) is 16.2 Å². The predicted octanol–water partition coefficient (Wildman–Crippen LogP) is 6.19. The maximum absolute atomic E-state index is 13.7. The van der Waals surface area contributed by atoms with Crippen molar-refractivity contribution < 1.29 is 33.6 Å². The highest BCUT2D eigenvalue weighted by molar-refractivity contribution is 7.22. The van der Waals surface area contributed by atoms with Crippen molar-refractivity contribution in [3.05, 3.63) is 76.9 Å². The van der Waals surface area contributed by atoms with Crippen molar-refractivity contribution in [1.82, 2.24) is 4.98 Å². The number of thiazole rings is 1. The number of hydrogen-bond donors (Lipinski definition) is 1. The van der Waals surface area contributed by atoms with Crippen molar-refractivity contribution >= 4 is 44.1 Å². The molecule has 3 aromatic carbocycles. The van der Waals surface area contributed by atoms with Crippen LogP contribution in [0.3, 0.4) is 0 Å². The third-order valence-corrected chi connectivity index (χ3v) is 8.06. The molecule has 1 fully saturated rings. The molecule has 216 valence electrons. The summed E-state index contributed by atoms with van der Waals surface area (Å²) in [6.45, 7) is 7.55. The lowest BCUT2D eigenvalue weighted by atomic mass is 9.95. The molecule has 6 rings (SSSR count). The van der Waals surface area contributed by atoms with Crippen molar-refractivity contribution in [2.45, 2.75) is 33.2 Å². The van der Waals surface area contributed by atoms with Crippen LogP contribution in [-0.4, -0.2) is 48.2 Å². The third kappa shape index (κ3) is 4.92. The molecule has 1 atom stereocenters. The number of hydrogen-bond acceptors (Lipinski definition) is 9. The van der Waals surface area contributed by atoms with Crippen LogP contribution in [0.1, 0.15) is 43.0 Å². The highest BCUT2D eigenvalue weighted by atomic mass is 32.1. The van der Waals surface area contributed by atoms with Crippen molar-refractivity contribution in [1.29, 1.82) is 0 Å². The number of ether oxygens (including phenoxy) is 4. The number of aromatic nitrogens is 1. The van der Waals surface area contributed by atoms with Crippen LogP contribution in [0.2, 0.25) is 0 Å². The zero-order valence-electron chi connectivity index (χ0n) is 23.5. The van der Waals surface area contributed by atoms with Gasteiger partial charge in [-0.2, -0.15) is 0 Å². The first-order valence-electron chi connectivity index (χ1n) is 13.9. The zero-order chi connectivity index (χ0) is 29.4. The molecule has 10 heteroatoms. The molecular formula is C32H30N2O7S. The Kier molecular flexibility index (Phi) is 7.47. The monoisotopic (exact) mass is 586 g/mol. The molecule has 1 amide bonds. The molecule has 4 aromatic rings. The number of aryl methyl sites for hydroxylation is 1. The molecule has 0 aliphatic carbocycles. The fourth-order valence-electron chi connectivity index (χ4n) is 5.11. The van der Waals surface area contributed by atoms with E-state index in [0.717, 1.165) is 16.7 Å². The van der Waals surface area contributed by atoms with Gasteiger partial charge in [0.15, 0.2) is 28.1 Å². The second kappa shape index (κ2) is 11.4. The van der Waals surface area contributed by atoms with Gasteiger partial charge in [0.1, 0.15) is 19.0 Å². The number of fused-ring (bicyclic) bond motifs is 2. The smallest absolute Gasteiger partial charge is 0.301 e. The average molecular weight is 587 g/mol. The Morgan fingerprint density at radius 3 is 2.60 bits per heavy atom. The first kappa shape index (κ1) is 27.6. The van der Waals surface area contributed by atoms with Gasteiger partial charge in [-0.05, 0) is 73.9 Å². The summed E-state index contributed by atoms with van der Waals surface area (Å²) < 4.78 is 24.0. The van der Waals surface area contributed by atoms with Gasteiger partial charge < -0.3 is 24.1 Å². The quantitative estimate of drug-likeness (QED) is 0.148. The third-order valence-electron chi connectivity index (χ3n) is 7.04. The maximum atomic E-state index is 13.7. The highest BCUT2D eigenvalue weighted by Crippen LogP contribution is 2.46. The Balaban J connectivity index is 1.53. The van der Waals surface area contributed by atoms with E-state index in [9.17, 15) is 14.7 Å². The van der Waals surface area contributed by atoms with Crippen molar-refractivity contribution in [3.63, 3.8) is 0 Å². The van der Waals surface area contributed by atoms with E-state index >= 15 is 0 Å². The van der Waals surface area contributed by atoms with Gasteiger partial charge in [-0.3, -0.25) is 14.5 Å².